The van der Waals surface area contributed by atoms with E-state index < -0.39 is 5.97 Å². The molecular formula is C12H9Br2ClN2O2S. The molecule has 0 amide bonds. The van der Waals surface area contributed by atoms with Crippen molar-refractivity contribution in [3.8, 4) is 0 Å². The number of aromatic nitrogens is 1. The Morgan fingerprint density at radius 2 is 2.25 bits per heavy atom. The van der Waals surface area contributed by atoms with E-state index in [1.54, 1.807) is 12.3 Å². The molecule has 1 aromatic carbocycles. The van der Waals surface area contributed by atoms with Gasteiger partial charge in [-0.1, -0.05) is 27.5 Å². The van der Waals surface area contributed by atoms with Crippen molar-refractivity contribution >= 4 is 66.5 Å². The topological polar surface area (TPSA) is 51.2 Å². The molecule has 8 heteroatoms. The molecule has 1 N–H and O–H groups in total. The summed E-state index contributed by atoms with van der Waals surface area (Å²) < 4.78 is 6.84. The maximum absolute atomic E-state index is 11.8. The average Bonchev–Trinajstić information content (AvgIpc) is 2.81. The number of thiazole rings is 1. The summed E-state index contributed by atoms with van der Waals surface area (Å²) in [7, 11) is 1.35. The third-order valence-corrected chi connectivity index (χ3v) is 4.62. The van der Waals surface area contributed by atoms with Crippen LogP contribution < -0.4 is 5.32 Å². The number of hydrogen-bond acceptors (Lipinski definition) is 5. The van der Waals surface area contributed by atoms with Gasteiger partial charge in [0.2, 0.25) is 0 Å². The van der Waals surface area contributed by atoms with Gasteiger partial charge in [0.25, 0.3) is 0 Å². The zero-order chi connectivity index (χ0) is 14.7. The molecule has 1 heterocycles. The largest absolute Gasteiger partial charge is 0.465 e. The number of rotatable bonds is 4. The monoisotopic (exact) mass is 438 g/mol. The average molecular weight is 441 g/mol. The summed E-state index contributed by atoms with van der Waals surface area (Å²) >= 11 is 14.0. The number of benzene rings is 1. The summed E-state index contributed by atoms with van der Waals surface area (Å²) in [5.74, 6) is -0.406. The number of carbonyl (C=O) groups is 1. The van der Waals surface area contributed by atoms with Crippen molar-refractivity contribution < 1.29 is 9.53 Å². The number of esters is 1. The van der Waals surface area contributed by atoms with E-state index in [4.69, 9.17) is 16.3 Å². The molecule has 0 bridgehead atoms. The Kier molecular flexibility index (Phi) is 5.42. The van der Waals surface area contributed by atoms with E-state index in [-0.39, 0.29) is 0 Å². The number of nitrogens with one attached hydrogen (secondary N) is 1. The van der Waals surface area contributed by atoms with Crippen LogP contribution in [0, 0.1) is 0 Å². The second kappa shape index (κ2) is 6.89. The third kappa shape index (κ3) is 3.72. The van der Waals surface area contributed by atoms with E-state index in [1.165, 1.54) is 18.4 Å². The van der Waals surface area contributed by atoms with E-state index in [9.17, 15) is 4.79 Å². The standard InChI is InChI=1S/C12H9Br2ClN2O2S/c1-19-11(18)8-2-6(13)3-9(14)10(8)16-4-7-5-17-12(15)20-7/h2-3,5,16H,4H2,1H3. The maximum atomic E-state index is 11.8. The van der Waals surface area contributed by atoms with Gasteiger partial charge < -0.3 is 10.1 Å². The van der Waals surface area contributed by atoms with Crippen molar-refractivity contribution in [2.24, 2.45) is 0 Å². The summed E-state index contributed by atoms with van der Waals surface area (Å²) in [6, 6.07) is 3.56. The second-order valence-electron chi connectivity index (χ2n) is 3.73. The van der Waals surface area contributed by atoms with Crippen molar-refractivity contribution in [1.82, 2.24) is 4.98 Å². The van der Waals surface area contributed by atoms with Crippen LogP contribution in [0.5, 0.6) is 0 Å². The molecule has 0 radical (unpaired) electrons. The number of hydrogen-bond donors (Lipinski definition) is 1. The molecule has 0 saturated heterocycles. The number of carbonyl (C=O) groups excluding carboxylic acids is 1. The first-order valence-electron chi connectivity index (χ1n) is 5.42. The van der Waals surface area contributed by atoms with Crippen molar-refractivity contribution in [2.75, 3.05) is 12.4 Å². The van der Waals surface area contributed by atoms with E-state index in [2.05, 4.69) is 42.2 Å². The Balaban J connectivity index is 2.27. The number of anilines is 1. The quantitative estimate of drug-likeness (QED) is 0.699. The van der Waals surface area contributed by atoms with Crippen LogP contribution in [0.4, 0.5) is 5.69 Å². The van der Waals surface area contributed by atoms with E-state index in [0.717, 1.165) is 13.8 Å². The van der Waals surface area contributed by atoms with Gasteiger partial charge in [0.1, 0.15) is 0 Å². The number of methoxy groups -OCH3 is 1. The molecule has 0 atom stereocenters. The third-order valence-electron chi connectivity index (χ3n) is 2.43. The second-order valence-corrected chi connectivity index (χ2v) is 7.20. The first kappa shape index (κ1) is 15.8. The zero-order valence-electron chi connectivity index (χ0n) is 10.2. The van der Waals surface area contributed by atoms with Gasteiger partial charge in [0.05, 0.1) is 24.9 Å². The molecule has 106 valence electrons. The van der Waals surface area contributed by atoms with Crippen LogP contribution in [0.3, 0.4) is 0 Å². The van der Waals surface area contributed by atoms with Crippen LogP contribution in [0.1, 0.15) is 15.2 Å². The van der Waals surface area contributed by atoms with Crippen molar-refractivity contribution in [2.45, 2.75) is 6.54 Å². The molecule has 0 spiro atoms. The van der Waals surface area contributed by atoms with E-state index >= 15 is 0 Å². The zero-order valence-corrected chi connectivity index (χ0v) is 15.0. The lowest BCUT2D eigenvalue weighted by molar-refractivity contribution is 0.0601. The van der Waals surface area contributed by atoms with Crippen LogP contribution in [-0.4, -0.2) is 18.1 Å². The highest BCUT2D eigenvalue weighted by atomic mass is 79.9. The summed E-state index contributed by atoms with van der Waals surface area (Å²) in [4.78, 5) is 16.8. The van der Waals surface area contributed by atoms with Crippen molar-refractivity contribution in [1.29, 1.82) is 0 Å². The number of nitrogens with zero attached hydrogens (tertiary/aromatic N) is 1. The lowest BCUT2D eigenvalue weighted by atomic mass is 10.2. The van der Waals surface area contributed by atoms with Gasteiger partial charge in [-0.2, -0.15) is 0 Å². The fourth-order valence-corrected chi connectivity index (χ4v) is 3.85. The van der Waals surface area contributed by atoms with Gasteiger partial charge in [0, 0.05) is 20.0 Å². The predicted octanol–water partition coefficient (Wildman–Crippen LogP) is 4.72. The van der Waals surface area contributed by atoms with Gasteiger partial charge in [-0.25, -0.2) is 9.78 Å². The molecular weight excluding hydrogens is 431 g/mol. The normalized spacial score (nSPS) is 10.4. The SMILES string of the molecule is COC(=O)c1cc(Br)cc(Br)c1NCc1cnc(Cl)s1. The molecule has 20 heavy (non-hydrogen) atoms. The molecule has 0 unspecified atom stereocenters. The molecule has 2 aromatic rings. The van der Waals surface area contributed by atoms with Crippen LogP contribution in [0.2, 0.25) is 4.47 Å². The van der Waals surface area contributed by atoms with Crippen LogP contribution in [-0.2, 0) is 11.3 Å². The fraction of sp³-hybridized carbons (Fsp3) is 0.167. The molecule has 1 aromatic heterocycles. The minimum Gasteiger partial charge on any atom is -0.465 e. The van der Waals surface area contributed by atoms with E-state index in [0.29, 0.717) is 22.3 Å². The molecule has 0 fully saturated rings. The smallest absolute Gasteiger partial charge is 0.340 e. The van der Waals surface area contributed by atoms with Crippen molar-refractivity contribution in [3.63, 3.8) is 0 Å². The van der Waals surface area contributed by atoms with Crippen LogP contribution in [0.15, 0.2) is 27.3 Å². The Bertz CT molecular complexity index is 648. The first-order valence-corrected chi connectivity index (χ1v) is 8.20. The van der Waals surface area contributed by atoms with Crippen LogP contribution >= 0.6 is 54.8 Å². The predicted molar refractivity (Wildman–Crippen MR) is 87.6 cm³/mol. The van der Waals surface area contributed by atoms with Crippen molar-refractivity contribution in [3.05, 3.63) is 42.2 Å². The minimum atomic E-state index is -0.406. The Hall–Kier alpha value is -0.630. The van der Waals surface area contributed by atoms with Gasteiger partial charge in [-0.05, 0) is 28.1 Å². The molecule has 0 aliphatic carbocycles. The molecule has 4 nitrogen and oxygen atoms in total. The fourth-order valence-electron chi connectivity index (χ4n) is 1.57. The molecule has 0 saturated carbocycles. The Morgan fingerprint density at radius 3 is 2.85 bits per heavy atom. The van der Waals surface area contributed by atoms with E-state index in [1.807, 2.05) is 6.07 Å². The Labute approximate surface area is 141 Å². The van der Waals surface area contributed by atoms with Crippen LogP contribution in [0.25, 0.3) is 0 Å². The summed E-state index contributed by atoms with van der Waals surface area (Å²) in [6.45, 7) is 0.522. The molecule has 2 rings (SSSR count). The first-order chi connectivity index (χ1) is 9.51. The number of halogens is 3. The highest BCUT2D eigenvalue weighted by Crippen LogP contribution is 2.32. The van der Waals surface area contributed by atoms with Gasteiger partial charge in [-0.3, -0.25) is 0 Å². The summed E-state index contributed by atoms with van der Waals surface area (Å²) in [5.41, 5.74) is 1.12. The lowest BCUT2D eigenvalue weighted by Crippen LogP contribution is -2.08. The van der Waals surface area contributed by atoms with Gasteiger partial charge in [-0.15, -0.1) is 11.3 Å². The van der Waals surface area contributed by atoms with Gasteiger partial charge in [0.15, 0.2) is 4.47 Å². The Morgan fingerprint density at radius 1 is 1.50 bits per heavy atom. The highest BCUT2D eigenvalue weighted by Gasteiger charge is 2.16. The molecule has 0 aliphatic heterocycles. The summed E-state index contributed by atoms with van der Waals surface area (Å²) in [6.07, 6.45) is 1.70. The number of ether oxygens (including phenoxy) is 1. The minimum absolute atomic E-state index is 0.406. The maximum Gasteiger partial charge on any atom is 0.340 e. The lowest BCUT2D eigenvalue weighted by Gasteiger charge is -2.12. The van der Waals surface area contributed by atoms with Gasteiger partial charge >= 0.3 is 5.97 Å². The highest BCUT2D eigenvalue weighted by molar-refractivity contribution is 9.11. The summed E-state index contributed by atoms with van der Waals surface area (Å²) in [5, 5.41) is 3.20. The molecule has 0 aliphatic rings.